The maximum absolute atomic E-state index is 12.2. The molecule has 132 valence electrons. The number of hydrogen-bond donors (Lipinski definition) is 2. The van der Waals surface area contributed by atoms with Gasteiger partial charge in [0.2, 0.25) is 10.0 Å². The Morgan fingerprint density at radius 1 is 1.39 bits per heavy atom. The molecule has 2 N–H and O–H groups in total. The average molecular weight is 474 g/mol. The largest absolute Gasteiger partial charge is 0.472 e. The number of nitrogens with zero attached hydrogens (tertiary/aromatic N) is 2. The molecule has 0 unspecified atom stereocenters. The maximum Gasteiger partial charge on any atom is 0.215 e. The third kappa shape index (κ3) is 6.89. The minimum atomic E-state index is -3.19. The van der Waals surface area contributed by atoms with Crippen LogP contribution < -0.4 is 10.6 Å². The Hall–Kier alpha value is -0.460. The molecule has 0 amide bonds. The zero-order chi connectivity index (χ0) is 15.8. The van der Waals surface area contributed by atoms with Gasteiger partial charge in [-0.25, -0.2) is 12.7 Å². The molecule has 0 radical (unpaired) electrons. The van der Waals surface area contributed by atoms with Crippen molar-refractivity contribution in [3.8, 4) is 0 Å². The van der Waals surface area contributed by atoms with E-state index in [2.05, 4.69) is 15.6 Å². The van der Waals surface area contributed by atoms with E-state index >= 15 is 0 Å². The Kier molecular flexibility index (Phi) is 9.32. The molecule has 0 spiro atoms. The summed E-state index contributed by atoms with van der Waals surface area (Å²) in [5, 5.41) is 6.13. The molecule has 0 atom stereocenters. The first kappa shape index (κ1) is 20.6. The quantitative estimate of drug-likeness (QED) is 0.363. The van der Waals surface area contributed by atoms with Gasteiger partial charge in [-0.2, -0.15) is 11.8 Å². The van der Waals surface area contributed by atoms with Crippen LogP contribution in [-0.2, 0) is 16.6 Å². The first-order chi connectivity index (χ1) is 10.6. The van der Waals surface area contributed by atoms with E-state index in [1.54, 1.807) is 35.6 Å². The molecule has 7 nitrogen and oxygen atoms in total. The van der Waals surface area contributed by atoms with Crippen molar-refractivity contribution >= 4 is 51.7 Å². The molecule has 2 rings (SSSR count). The average Bonchev–Trinajstić information content (AvgIpc) is 3.05. The van der Waals surface area contributed by atoms with Gasteiger partial charge in [0.05, 0.1) is 18.3 Å². The summed E-state index contributed by atoms with van der Waals surface area (Å²) in [6.45, 7) is 2.13. The maximum atomic E-state index is 12.2. The Morgan fingerprint density at radius 2 is 2.13 bits per heavy atom. The fourth-order valence-electron chi connectivity index (χ4n) is 2.05. The summed E-state index contributed by atoms with van der Waals surface area (Å²) in [5.41, 5.74) is 1.00. The number of halogens is 1. The molecular weight excluding hydrogens is 451 g/mol. The summed E-state index contributed by atoms with van der Waals surface area (Å²) in [4.78, 5) is 4.07. The van der Waals surface area contributed by atoms with Gasteiger partial charge < -0.3 is 15.1 Å². The second kappa shape index (κ2) is 10.4. The lowest BCUT2D eigenvalue weighted by Crippen LogP contribution is -2.44. The van der Waals surface area contributed by atoms with Crippen LogP contribution in [0.15, 0.2) is 28.0 Å². The highest BCUT2D eigenvalue weighted by Crippen LogP contribution is 2.12. The van der Waals surface area contributed by atoms with Crippen LogP contribution >= 0.6 is 35.7 Å². The molecule has 1 aliphatic rings. The summed E-state index contributed by atoms with van der Waals surface area (Å²) in [6, 6.07) is 1.86. The normalized spacial score (nSPS) is 16.7. The van der Waals surface area contributed by atoms with Gasteiger partial charge in [0, 0.05) is 50.3 Å². The lowest BCUT2D eigenvalue weighted by atomic mass is 10.3. The molecule has 23 heavy (non-hydrogen) atoms. The molecular formula is C13H23IN4O3S2. The standard InChI is InChI=1S/C13H22N4O3S2.HI/c1-14-13(16-10-12-2-6-20-11-12)15-3-9-22(18,19)17-4-7-21-8-5-17;/h2,6,11H,3-5,7-10H2,1H3,(H2,14,15,16);1H. The second-order valence-electron chi connectivity index (χ2n) is 4.81. The number of thioether (sulfide) groups is 1. The first-order valence-electron chi connectivity index (χ1n) is 7.13. The molecule has 1 aliphatic heterocycles. The van der Waals surface area contributed by atoms with Gasteiger partial charge in [0.1, 0.15) is 0 Å². The van der Waals surface area contributed by atoms with Gasteiger partial charge in [-0.3, -0.25) is 4.99 Å². The predicted octanol–water partition coefficient (Wildman–Crippen LogP) is 0.941. The Morgan fingerprint density at radius 3 is 2.74 bits per heavy atom. The number of rotatable bonds is 6. The number of aliphatic imine (C=N–C) groups is 1. The Balaban J connectivity index is 0.00000264. The summed E-state index contributed by atoms with van der Waals surface area (Å²) in [5.74, 6) is 2.40. The monoisotopic (exact) mass is 474 g/mol. The minimum Gasteiger partial charge on any atom is -0.472 e. The van der Waals surface area contributed by atoms with E-state index in [1.807, 2.05) is 6.07 Å². The number of sulfonamides is 1. The minimum absolute atomic E-state index is 0. The van der Waals surface area contributed by atoms with Gasteiger partial charge in [-0.15, -0.1) is 24.0 Å². The smallest absolute Gasteiger partial charge is 0.215 e. The molecule has 1 fully saturated rings. The van der Waals surface area contributed by atoms with Gasteiger partial charge in [0.15, 0.2) is 5.96 Å². The van der Waals surface area contributed by atoms with Crippen LogP contribution in [0, 0.1) is 0 Å². The summed E-state index contributed by atoms with van der Waals surface area (Å²) in [7, 11) is -1.53. The van der Waals surface area contributed by atoms with Crippen molar-refractivity contribution in [1.82, 2.24) is 14.9 Å². The Labute approximate surface area is 158 Å². The third-order valence-corrected chi connectivity index (χ3v) is 6.09. The molecule has 1 aromatic heterocycles. The van der Waals surface area contributed by atoms with Crippen molar-refractivity contribution < 1.29 is 12.8 Å². The first-order valence-corrected chi connectivity index (χ1v) is 9.89. The van der Waals surface area contributed by atoms with Gasteiger partial charge in [-0.05, 0) is 6.07 Å². The number of hydrogen-bond acceptors (Lipinski definition) is 5. The number of furan rings is 1. The molecule has 0 aromatic carbocycles. The van der Waals surface area contributed by atoms with Crippen LogP contribution in [0.25, 0.3) is 0 Å². The zero-order valence-electron chi connectivity index (χ0n) is 13.0. The van der Waals surface area contributed by atoms with Crippen LogP contribution in [0.2, 0.25) is 0 Å². The molecule has 10 heteroatoms. The van der Waals surface area contributed by atoms with Crippen molar-refractivity contribution in [2.24, 2.45) is 4.99 Å². The predicted molar refractivity (Wildman–Crippen MR) is 105 cm³/mol. The highest BCUT2D eigenvalue weighted by atomic mass is 127. The summed E-state index contributed by atoms with van der Waals surface area (Å²) in [6.07, 6.45) is 3.26. The third-order valence-electron chi connectivity index (χ3n) is 3.28. The Bertz CT molecular complexity index is 572. The van der Waals surface area contributed by atoms with E-state index in [1.165, 1.54) is 0 Å². The van der Waals surface area contributed by atoms with Crippen LogP contribution in [-0.4, -0.2) is 62.6 Å². The van der Waals surface area contributed by atoms with Crippen molar-refractivity contribution in [2.45, 2.75) is 6.54 Å². The van der Waals surface area contributed by atoms with Crippen LogP contribution in [0.3, 0.4) is 0 Å². The van der Waals surface area contributed by atoms with E-state index in [4.69, 9.17) is 4.42 Å². The van der Waals surface area contributed by atoms with E-state index in [0.717, 1.165) is 17.1 Å². The van der Waals surface area contributed by atoms with Crippen molar-refractivity contribution in [1.29, 1.82) is 0 Å². The lowest BCUT2D eigenvalue weighted by molar-refractivity contribution is 0.443. The summed E-state index contributed by atoms with van der Waals surface area (Å²) < 4.78 is 31.0. The van der Waals surface area contributed by atoms with E-state index < -0.39 is 10.0 Å². The topological polar surface area (TPSA) is 86.9 Å². The van der Waals surface area contributed by atoms with Crippen molar-refractivity contribution in [3.63, 3.8) is 0 Å². The number of nitrogens with one attached hydrogen (secondary N) is 2. The van der Waals surface area contributed by atoms with Gasteiger partial charge >= 0.3 is 0 Å². The van der Waals surface area contributed by atoms with Gasteiger partial charge in [0.25, 0.3) is 0 Å². The molecule has 1 saturated heterocycles. The highest BCUT2D eigenvalue weighted by Gasteiger charge is 2.23. The van der Waals surface area contributed by atoms with Crippen LogP contribution in [0.4, 0.5) is 0 Å². The molecule has 0 aliphatic carbocycles. The van der Waals surface area contributed by atoms with E-state index in [-0.39, 0.29) is 29.7 Å². The molecule has 1 aromatic rings. The van der Waals surface area contributed by atoms with Gasteiger partial charge in [-0.1, -0.05) is 0 Å². The molecule has 0 saturated carbocycles. The van der Waals surface area contributed by atoms with E-state index in [0.29, 0.717) is 32.1 Å². The number of guanidine groups is 1. The van der Waals surface area contributed by atoms with Crippen LogP contribution in [0.5, 0.6) is 0 Å². The van der Waals surface area contributed by atoms with Crippen molar-refractivity contribution in [3.05, 3.63) is 24.2 Å². The van der Waals surface area contributed by atoms with Crippen LogP contribution in [0.1, 0.15) is 5.56 Å². The lowest BCUT2D eigenvalue weighted by Gasteiger charge is -2.25. The second-order valence-corrected chi connectivity index (χ2v) is 8.12. The highest BCUT2D eigenvalue weighted by molar-refractivity contribution is 14.0. The van der Waals surface area contributed by atoms with E-state index in [9.17, 15) is 8.42 Å². The SMILES string of the molecule is CN=C(NCCS(=O)(=O)N1CCSCC1)NCc1ccoc1.I. The fourth-order valence-corrected chi connectivity index (χ4v) is 4.54. The molecule has 2 heterocycles. The molecule has 0 bridgehead atoms. The van der Waals surface area contributed by atoms with Crippen molar-refractivity contribution in [2.75, 3.05) is 43.9 Å². The zero-order valence-corrected chi connectivity index (χ0v) is 17.0. The summed E-state index contributed by atoms with van der Waals surface area (Å²) >= 11 is 1.79. The fraction of sp³-hybridized carbons (Fsp3) is 0.615.